The summed E-state index contributed by atoms with van der Waals surface area (Å²) in [7, 11) is 1.63. The number of esters is 1. The van der Waals surface area contributed by atoms with E-state index in [1.165, 1.54) is 12.1 Å². The van der Waals surface area contributed by atoms with Gasteiger partial charge in [0.05, 0.1) is 24.9 Å². The molecule has 3 aromatic carbocycles. The monoisotopic (exact) mass is 728 g/mol. The molecule has 1 atom stereocenters. The van der Waals surface area contributed by atoms with E-state index in [4.69, 9.17) is 15.2 Å². The van der Waals surface area contributed by atoms with Crippen molar-refractivity contribution >= 4 is 35.1 Å². The Hall–Kier alpha value is -6.38. The van der Waals surface area contributed by atoms with Crippen LogP contribution >= 0.6 is 0 Å². The van der Waals surface area contributed by atoms with E-state index in [-0.39, 0.29) is 34.7 Å². The van der Waals surface area contributed by atoms with Crippen molar-refractivity contribution in [2.24, 2.45) is 0 Å². The summed E-state index contributed by atoms with van der Waals surface area (Å²) in [6.07, 6.45) is 2.16. The number of halogens is 2. The van der Waals surface area contributed by atoms with Crippen LogP contribution in [0.15, 0.2) is 66.9 Å². The van der Waals surface area contributed by atoms with Gasteiger partial charge in [-0.3, -0.25) is 9.59 Å². The third-order valence-corrected chi connectivity index (χ3v) is 8.34. The lowest BCUT2D eigenvalue weighted by molar-refractivity contribution is 0.00681. The van der Waals surface area contributed by atoms with Crippen LogP contribution in [-0.2, 0) is 17.7 Å². The van der Waals surface area contributed by atoms with Crippen molar-refractivity contribution in [3.63, 3.8) is 0 Å². The van der Waals surface area contributed by atoms with E-state index < -0.39 is 47.0 Å². The molecule has 0 saturated heterocycles. The maximum absolute atomic E-state index is 13.6. The second kappa shape index (κ2) is 15.5. The van der Waals surface area contributed by atoms with E-state index in [1.54, 1.807) is 52.1 Å². The van der Waals surface area contributed by atoms with Crippen molar-refractivity contribution in [3.8, 4) is 5.75 Å². The van der Waals surface area contributed by atoms with E-state index in [1.807, 2.05) is 19.1 Å². The standard InChI is InChI=1S/C31H29F2N5O6.C7H9NO/c1-15-17-8-10-23(19(17)7-6-18(15)30(43)44-31(2,3)4)37-28(40)25-12-24(36-26-20(29(41)42)14-35-38(25)26)27(39)34-13-16-5-9-21(32)22(33)11-16;1-9-7-4-2-6(8)3-5-7/h5-7,9,11-12,14,23H,8,10,13H2,1-4H3,(H,34,39)(H,37,40)(H,41,42);2-5H,8H2,1H3/t23-;/m0./s1. The molecule has 2 heterocycles. The Labute approximate surface area is 303 Å². The largest absolute Gasteiger partial charge is 0.497 e. The van der Waals surface area contributed by atoms with E-state index in [0.717, 1.165) is 51.0 Å². The normalized spacial score (nSPS) is 13.4. The van der Waals surface area contributed by atoms with Crippen LogP contribution in [0.5, 0.6) is 5.75 Å². The van der Waals surface area contributed by atoms with Gasteiger partial charge in [-0.2, -0.15) is 5.10 Å². The van der Waals surface area contributed by atoms with Gasteiger partial charge >= 0.3 is 11.9 Å². The average molecular weight is 729 g/mol. The van der Waals surface area contributed by atoms with Crippen LogP contribution < -0.4 is 21.1 Å². The van der Waals surface area contributed by atoms with Gasteiger partial charge in [0.2, 0.25) is 0 Å². The Morgan fingerprint density at radius 2 is 1.70 bits per heavy atom. The fourth-order valence-corrected chi connectivity index (χ4v) is 5.73. The molecule has 0 fully saturated rings. The number of fused-ring (bicyclic) bond motifs is 2. The third kappa shape index (κ3) is 8.75. The average Bonchev–Trinajstić information content (AvgIpc) is 3.73. The summed E-state index contributed by atoms with van der Waals surface area (Å²) < 4.78 is 38.3. The predicted molar refractivity (Wildman–Crippen MR) is 190 cm³/mol. The Morgan fingerprint density at radius 3 is 2.34 bits per heavy atom. The summed E-state index contributed by atoms with van der Waals surface area (Å²) in [6, 6.07) is 14.6. The van der Waals surface area contributed by atoms with Crippen molar-refractivity contribution < 1.29 is 42.5 Å². The first kappa shape index (κ1) is 37.9. The summed E-state index contributed by atoms with van der Waals surface area (Å²) >= 11 is 0. The highest BCUT2D eigenvalue weighted by Crippen LogP contribution is 2.35. The SMILES string of the molecule is COc1ccc(N)cc1.Cc1c(C(=O)OC(C)(C)C)ccc2c1CC[C@@H]2NC(=O)c1cc(C(=O)NCc2ccc(F)c(F)c2)nc2c(C(=O)O)cnn12. The van der Waals surface area contributed by atoms with Gasteiger partial charge in [-0.15, -0.1) is 0 Å². The van der Waals surface area contributed by atoms with E-state index >= 15 is 0 Å². The molecule has 2 aromatic heterocycles. The molecule has 15 heteroatoms. The molecule has 0 unspecified atom stereocenters. The number of hydrogen-bond acceptors (Lipinski definition) is 9. The van der Waals surface area contributed by atoms with Crippen molar-refractivity contribution in [1.82, 2.24) is 25.2 Å². The lowest BCUT2D eigenvalue weighted by atomic mass is 9.97. The van der Waals surface area contributed by atoms with Crippen LogP contribution in [0.3, 0.4) is 0 Å². The highest BCUT2D eigenvalue weighted by Gasteiger charge is 2.30. The lowest BCUT2D eigenvalue weighted by Gasteiger charge is -2.21. The number of rotatable bonds is 8. The van der Waals surface area contributed by atoms with E-state index in [9.17, 15) is 33.1 Å². The maximum atomic E-state index is 13.6. The van der Waals surface area contributed by atoms with Gasteiger partial charge in [-0.1, -0.05) is 12.1 Å². The third-order valence-electron chi connectivity index (χ3n) is 8.34. The van der Waals surface area contributed by atoms with Gasteiger partial charge in [-0.25, -0.2) is 27.9 Å². The van der Waals surface area contributed by atoms with Crippen molar-refractivity contribution in [2.45, 2.75) is 58.7 Å². The van der Waals surface area contributed by atoms with Crippen LogP contribution in [0.1, 0.15) is 97.2 Å². The number of aromatic nitrogens is 3. The number of anilines is 1. The smallest absolute Gasteiger partial charge is 0.341 e. The van der Waals surface area contributed by atoms with Crippen LogP contribution in [0.2, 0.25) is 0 Å². The second-order valence-electron chi connectivity index (χ2n) is 13.2. The maximum Gasteiger partial charge on any atom is 0.341 e. The fraction of sp³-hybridized carbons (Fsp3) is 0.263. The van der Waals surface area contributed by atoms with Gasteiger partial charge in [0, 0.05) is 18.3 Å². The molecular weight excluding hydrogens is 690 g/mol. The molecule has 1 aliphatic carbocycles. The number of ether oxygens (including phenoxy) is 2. The first-order valence-electron chi connectivity index (χ1n) is 16.5. The van der Waals surface area contributed by atoms with Crippen LogP contribution in [0.25, 0.3) is 5.65 Å². The van der Waals surface area contributed by atoms with Gasteiger partial charge in [0.1, 0.15) is 28.3 Å². The van der Waals surface area contributed by atoms with Crippen LogP contribution in [0.4, 0.5) is 14.5 Å². The number of nitrogens with one attached hydrogen (secondary N) is 2. The summed E-state index contributed by atoms with van der Waals surface area (Å²) in [6.45, 7) is 7.01. The van der Waals surface area contributed by atoms with Crippen LogP contribution in [-0.4, -0.2) is 56.2 Å². The number of amides is 2. The number of nitrogens with two attached hydrogens (primary N) is 1. The highest BCUT2D eigenvalue weighted by molar-refractivity contribution is 6.01. The Kier molecular flexibility index (Phi) is 11.1. The molecule has 276 valence electrons. The summed E-state index contributed by atoms with van der Waals surface area (Å²) in [5.41, 5.74) is 7.77. The molecule has 0 aliphatic heterocycles. The molecule has 6 rings (SSSR count). The predicted octanol–water partition coefficient (Wildman–Crippen LogP) is 5.59. The van der Waals surface area contributed by atoms with Gasteiger partial charge in [-0.05, 0) is 105 Å². The molecule has 0 spiro atoms. The molecule has 53 heavy (non-hydrogen) atoms. The van der Waals surface area contributed by atoms with Crippen molar-refractivity contribution in [3.05, 3.63) is 123 Å². The number of carboxylic acids is 1. The number of methoxy groups -OCH3 is 1. The summed E-state index contributed by atoms with van der Waals surface area (Å²) in [5.74, 6) is -4.49. The number of nitrogens with zero attached hydrogens (tertiary/aromatic N) is 3. The Bertz CT molecular complexity index is 2210. The molecule has 13 nitrogen and oxygen atoms in total. The molecule has 2 amide bonds. The molecule has 5 N–H and O–H groups in total. The fourth-order valence-electron chi connectivity index (χ4n) is 5.73. The zero-order valence-corrected chi connectivity index (χ0v) is 29.6. The minimum absolute atomic E-state index is 0.143. The van der Waals surface area contributed by atoms with Crippen molar-refractivity contribution in [2.75, 3.05) is 12.8 Å². The van der Waals surface area contributed by atoms with Gasteiger partial charge in [0.25, 0.3) is 11.8 Å². The zero-order valence-electron chi connectivity index (χ0n) is 29.6. The highest BCUT2D eigenvalue weighted by atomic mass is 19.2. The topological polar surface area (TPSA) is 187 Å². The van der Waals surface area contributed by atoms with Gasteiger partial charge in [0.15, 0.2) is 17.3 Å². The van der Waals surface area contributed by atoms with Gasteiger partial charge < -0.3 is 30.9 Å². The molecule has 1 aliphatic rings. The number of carboxylic acid groups (broad SMARTS) is 1. The van der Waals surface area contributed by atoms with E-state index in [2.05, 4.69) is 20.7 Å². The first-order valence-corrected chi connectivity index (χ1v) is 16.5. The molecule has 0 bridgehead atoms. The number of carbonyl (C=O) groups excluding carboxylic acids is 3. The van der Waals surface area contributed by atoms with Crippen molar-refractivity contribution in [1.29, 1.82) is 0 Å². The first-order chi connectivity index (χ1) is 25.1. The minimum atomic E-state index is -1.36. The lowest BCUT2D eigenvalue weighted by Crippen LogP contribution is -2.31. The minimum Gasteiger partial charge on any atom is -0.497 e. The molecular formula is C38H38F2N6O7. The van der Waals surface area contributed by atoms with E-state index in [0.29, 0.717) is 18.4 Å². The molecule has 0 radical (unpaired) electrons. The Morgan fingerprint density at radius 1 is 0.981 bits per heavy atom. The number of benzene rings is 3. The quantitative estimate of drug-likeness (QED) is 0.116. The summed E-state index contributed by atoms with van der Waals surface area (Å²) in [4.78, 5) is 55.3. The second-order valence-corrected chi connectivity index (χ2v) is 13.2. The Balaban J connectivity index is 0.000000526. The number of hydrogen-bond donors (Lipinski definition) is 4. The number of nitrogen functional groups attached to an aromatic ring is 1. The number of aromatic carboxylic acids is 1. The number of carbonyl (C=O) groups is 4. The van der Waals surface area contributed by atoms with Crippen LogP contribution in [0, 0.1) is 18.6 Å². The molecule has 5 aromatic rings. The zero-order chi connectivity index (χ0) is 38.6. The molecule has 0 saturated carbocycles. The summed E-state index contributed by atoms with van der Waals surface area (Å²) in [5, 5.41) is 19.1.